The summed E-state index contributed by atoms with van der Waals surface area (Å²) in [5, 5.41) is 17.1. The second-order valence-corrected chi connectivity index (χ2v) is 1.69. The first-order chi connectivity index (χ1) is 3.81. The van der Waals surface area contributed by atoms with Gasteiger partial charge in [0.25, 0.3) is 0 Å². The van der Waals surface area contributed by atoms with Crippen LogP contribution in [0.4, 0.5) is 0 Å². The van der Waals surface area contributed by atoms with Crippen LogP contribution < -0.4 is 0 Å². The van der Waals surface area contributed by atoms with Crippen molar-refractivity contribution in [3.05, 3.63) is 12.7 Å². The standard InChI is InChI=1S/C6H12O2/c1-2-3-6(8)4-5-7/h2,6-8H,1,3-5H2/t6-/m0/s1. The van der Waals surface area contributed by atoms with Gasteiger partial charge in [-0.1, -0.05) is 6.08 Å². The summed E-state index contributed by atoms with van der Waals surface area (Å²) in [5.41, 5.74) is 0. The Morgan fingerprint density at radius 1 is 1.62 bits per heavy atom. The second-order valence-electron chi connectivity index (χ2n) is 1.69. The van der Waals surface area contributed by atoms with E-state index in [1.54, 1.807) is 6.08 Å². The zero-order valence-electron chi connectivity index (χ0n) is 4.88. The van der Waals surface area contributed by atoms with E-state index in [0.29, 0.717) is 12.8 Å². The molecule has 2 nitrogen and oxygen atoms in total. The van der Waals surface area contributed by atoms with E-state index in [4.69, 9.17) is 10.2 Å². The molecule has 0 bridgehead atoms. The van der Waals surface area contributed by atoms with Gasteiger partial charge in [0.05, 0.1) is 6.10 Å². The third-order valence-electron chi connectivity index (χ3n) is 0.901. The predicted octanol–water partition coefficient (Wildman–Crippen LogP) is 0.306. The molecule has 2 N–H and O–H groups in total. The fourth-order valence-corrected chi connectivity index (χ4v) is 0.459. The second kappa shape index (κ2) is 4.81. The molecule has 0 fully saturated rings. The van der Waals surface area contributed by atoms with Crippen molar-refractivity contribution in [2.45, 2.75) is 18.9 Å². The molecule has 0 saturated heterocycles. The Hall–Kier alpha value is -0.340. The summed E-state index contributed by atoms with van der Waals surface area (Å²) in [5.74, 6) is 0. The number of hydrogen-bond donors (Lipinski definition) is 2. The van der Waals surface area contributed by atoms with E-state index in [-0.39, 0.29) is 6.61 Å². The van der Waals surface area contributed by atoms with Gasteiger partial charge in [-0.3, -0.25) is 0 Å². The van der Waals surface area contributed by atoms with Crippen LogP contribution in [0.15, 0.2) is 12.7 Å². The Bertz CT molecular complexity index is 61.5. The molecule has 1 atom stereocenters. The first kappa shape index (κ1) is 7.66. The summed E-state index contributed by atoms with van der Waals surface area (Å²) < 4.78 is 0. The van der Waals surface area contributed by atoms with Crippen molar-refractivity contribution in [3.63, 3.8) is 0 Å². The van der Waals surface area contributed by atoms with E-state index in [0.717, 1.165) is 0 Å². The van der Waals surface area contributed by atoms with Crippen LogP contribution in [0.1, 0.15) is 12.8 Å². The third kappa shape index (κ3) is 3.84. The summed E-state index contributed by atoms with van der Waals surface area (Å²) >= 11 is 0. The van der Waals surface area contributed by atoms with E-state index in [2.05, 4.69) is 6.58 Å². The van der Waals surface area contributed by atoms with E-state index in [1.807, 2.05) is 0 Å². The Morgan fingerprint density at radius 3 is 2.62 bits per heavy atom. The quantitative estimate of drug-likeness (QED) is 0.519. The highest BCUT2D eigenvalue weighted by Crippen LogP contribution is 1.95. The van der Waals surface area contributed by atoms with Gasteiger partial charge < -0.3 is 10.2 Å². The molecule has 0 aliphatic carbocycles. The molecule has 0 heterocycles. The molecule has 0 amide bonds. The van der Waals surface area contributed by atoms with Gasteiger partial charge in [-0.15, -0.1) is 6.58 Å². The monoisotopic (exact) mass is 116 g/mol. The molecule has 0 aliphatic heterocycles. The van der Waals surface area contributed by atoms with Crippen LogP contribution in [-0.4, -0.2) is 22.9 Å². The highest BCUT2D eigenvalue weighted by atomic mass is 16.3. The lowest BCUT2D eigenvalue weighted by Crippen LogP contribution is -2.06. The summed E-state index contributed by atoms with van der Waals surface area (Å²) in [6.07, 6.45) is 2.25. The van der Waals surface area contributed by atoms with Gasteiger partial charge in [0.1, 0.15) is 0 Å². The number of hydrogen-bond acceptors (Lipinski definition) is 2. The first-order valence-electron chi connectivity index (χ1n) is 2.71. The molecule has 0 rings (SSSR count). The van der Waals surface area contributed by atoms with Crippen LogP contribution in [-0.2, 0) is 0 Å². The maximum absolute atomic E-state index is 8.82. The van der Waals surface area contributed by atoms with Crippen LogP contribution in [0, 0.1) is 0 Å². The summed E-state index contributed by atoms with van der Waals surface area (Å²) in [6.45, 7) is 3.49. The van der Waals surface area contributed by atoms with Gasteiger partial charge >= 0.3 is 0 Å². The Balaban J connectivity index is 3.03. The minimum Gasteiger partial charge on any atom is -0.396 e. The molecule has 0 aromatic carbocycles. The minimum atomic E-state index is -0.405. The molecule has 48 valence electrons. The molecule has 0 radical (unpaired) electrons. The van der Waals surface area contributed by atoms with Crippen LogP contribution in [0.3, 0.4) is 0 Å². The van der Waals surface area contributed by atoms with E-state index in [1.165, 1.54) is 0 Å². The van der Waals surface area contributed by atoms with Gasteiger partial charge in [-0.25, -0.2) is 0 Å². The van der Waals surface area contributed by atoms with Crippen LogP contribution in [0.2, 0.25) is 0 Å². The first-order valence-corrected chi connectivity index (χ1v) is 2.71. The summed E-state index contributed by atoms with van der Waals surface area (Å²) in [7, 11) is 0. The third-order valence-corrected chi connectivity index (χ3v) is 0.901. The number of aliphatic hydroxyl groups excluding tert-OH is 2. The van der Waals surface area contributed by atoms with E-state index in [9.17, 15) is 0 Å². The average Bonchev–Trinajstić information content (AvgIpc) is 1.68. The topological polar surface area (TPSA) is 40.5 Å². The lowest BCUT2D eigenvalue weighted by Gasteiger charge is -2.02. The SMILES string of the molecule is C=CC[C@H](O)CCO. The zero-order valence-corrected chi connectivity index (χ0v) is 4.88. The molecular weight excluding hydrogens is 104 g/mol. The smallest absolute Gasteiger partial charge is 0.0596 e. The molecule has 0 unspecified atom stereocenters. The molecule has 0 saturated carbocycles. The fraction of sp³-hybridized carbons (Fsp3) is 0.667. The van der Waals surface area contributed by atoms with Crippen molar-refractivity contribution in [2.75, 3.05) is 6.61 Å². The van der Waals surface area contributed by atoms with Gasteiger partial charge in [-0.2, -0.15) is 0 Å². The van der Waals surface area contributed by atoms with E-state index >= 15 is 0 Å². The number of rotatable bonds is 4. The Kier molecular flexibility index (Phi) is 4.61. The lowest BCUT2D eigenvalue weighted by molar-refractivity contribution is 0.135. The molecule has 0 aliphatic rings. The van der Waals surface area contributed by atoms with Crippen molar-refractivity contribution in [2.24, 2.45) is 0 Å². The van der Waals surface area contributed by atoms with Crippen LogP contribution in [0.25, 0.3) is 0 Å². The van der Waals surface area contributed by atoms with Crippen molar-refractivity contribution in [1.29, 1.82) is 0 Å². The Morgan fingerprint density at radius 2 is 2.25 bits per heavy atom. The van der Waals surface area contributed by atoms with Gasteiger partial charge in [-0.05, 0) is 12.8 Å². The summed E-state index contributed by atoms with van der Waals surface area (Å²) in [6, 6.07) is 0. The molecule has 2 heteroatoms. The van der Waals surface area contributed by atoms with Gasteiger partial charge in [0.15, 0.2) is 0 Å². The molecule has 0 aromatic rings. The molecular formula is C6H12O2. The number of aliphatic hydroxyl groups is 2. The maximum Gasteiger partial charge on any atom is 0.0596 e. The Labute approximate surface area is 49.5 Å². The van der Waals surface area contributed by atoms with Crippen molar-refractivity contribution < 1.29 is 10.2 Å². The van der Waals surface area contributed by atoms with Gasteiger partial charge in [0, 0.05) is 6.61 Å². The average molecular weight is 116 g/mol. The minimum absolute atomic E-state index is 0.0506. The maximum atomic E-state index is 8.82. The van der Waals surface area contributed by atoms with Crippen molar-refractivity contribution in [3.8, 4) is 0 Å². The largest absolute Gasteiger partial charge is 0.396 e. The molecule has 8 heavy (non-hydrogen) atoms. The van der Waals surface area contributed by atoms with Gasteiger partial charge in [0.2, 0.25) is 0 Å². The van der Waals surface area contributed by atoms with E-state index < -0.39 is 6.10 Å². The van der Waals surface area contributed by atoms with Crippen molar-refractivity contribution >= 4 is 0 Å². The van der Waals surface area contributed by atoms with Crippen LogP contribution in [0.5, 0.6) is 0 Å². The highest BCUT2D eigenvalue weighted by Gasteiger charge is 1.97. The zero-order chi connectivity index (χ0) is 6.41. The summed E-state index contributed by atoms with van der Waals surface area (Å²) in [4.78, 5) is 0. The molecule has 0 spiro atoms. The van der Waals surface area contributed by atoms with Crippen molar-refractivity contribution in [1.82, 2.24) is 0 Å². The normalized spacial score (nSPS) is 13.2. The molecule has 0 aromatic heterocycles. The predicted molar refractivity (Wildman–Crippen MR) is 32.5 cm³/mol. The fourth-order valence-electron chi connectivity index (χ4n) is 0.459. The van der Waals surface area contributed by atoms with Crippen LogP contribution >= 0.6 is 0 Å². The highest BCUT2D eigenvalue weighted by molar-refractivity contribution is 4.71. The lowest BCUT2D eigenvalue weighted by atomic mass is 10.2.